The summed E-state index contributed by atoms with van der Waals surface area (Å²) in [4.78, 5) is 1.91. The predicted molar refractivity (Wildman–Crippen MR) is 69.1 cm³/mol. The van der Waals surface area contributed by atoms with Crippen molar-refractivity contribution in [2.45, 2.75) is 0 Å². The number of nitrogen functional groups attached to an aromatic ring is 1. The van der Waals surface area contributed by atoms with Gasteiger partial charge in [-0.3, -0.25) is 5.41 Å². The van der Waals surface area contributed by atoms with Crippen LogP contribution in [0.2, 0.25) is 0 Å². The fourth-order valence-corrected chi connectivity index (χ4v) is 1.90. The summed E-state index contributed by atoms with van der Waals surface area (Å²) in [5.41, 5.74) is 6.25. The molecular weight excluding hydrogens is 225 g/mol. The van der Waals surface area contributed by atoms with Crippen LogP contribution in [0.1, 0.15) is 5.56 Å². The molecular formula is C11H16FN3S. The van der Waals surface area contributed by atoms with Gasteiger partial charge in [-0.1, -0.05) is 6.07 Å². The summed E-state index contributed by atoms with van der Waals surface area (Å²) in [6.45, 7) is 0.797. The highest BCUT2D eigenvalue weighted by Gasteiger charge is 2.13. The first kappa shape index (κ1) is 12.8. The summed E-state index contributed by atoms with van der Waals surface area (Å²) in [5, 5.41) is 7.39. The highest BCUT2D eigenvalue weighted by atomic mass is 32.2. The normalized spacial score (nSPS) is 10.2. The van der Waals surface area contributed by atoms with Gasteiger partial charge in [0, 0.05) is 19.3 Å². The number of anilines is 1. The van der Waals surface area contributed by atoms with Crippen molar-refractivity contribution >= 4 is 23.3 Å². The van der Waals surface area contributed by atoms with Gasteiger partial charge in [-0.05, 0) is 18.4 Å². The van der Waals surface area contributed by atoms with Crippen LogP contribution in [0.25, 0.3) is 0 Å². The number of amidine groups is 1. The minimum atomic E-state index is -0.444. The maximum absolute atomic E-state index is 13.5. The molecule has 0 heterocycles. The molecule has 0 saturated carbocycles. The molecule has 0 atom stereocenters. The van der Waals surface area contributed by atoms with E-state index in [1.165, 1.54) is 6.07 Å². The lowest BCUT2D eigenvalue weighted by atomic mass is 10.1. The molecule has 3 nitrogen and oxygen atoms in total. The van der Waals surface area contributed by atoms with Gasteiger partial charge < -0.3 is 10.6 Å². The van der Waals surface area contributed by atoms with Crippen LogP contribution in [0.5, 0.6) is 0 Å². The molecule has 88 valence electrons. The fraction of sp³-hybridized carbons (Fsp3) is 0.364. The molecule has 0 fully saturated rings. The molecule has 0 radical (unpaired) electrons. The minimum absolute atomic E-state index is 0.186. The number of hydrogen-bond donors (Lipinski definition) is 2. The van der Waals surface area contributed by atoms with E-state index in [1.807, 2.05) is 18.2 Å². The zero-order valence-corrected chi connectivity index (χ0v) is 10.3. The number of halogens is 1. The molecule has 0 spiro atoms. The van der Waals surface area contributed by atoms with Gasteiger partial charge in [0.05, 0.1) is 11.3 Å². The number of hydrogen-bond acceptors (Lipinski definition) is 3. The van der Waals surface area contributed by atoms with E-state index in [1.54, 1.807) is 23.9 Å². The van der Waals surface area contributed by atoms with Crippen molar-refractivity contribution in [3.8, 4) is 0 Å². The first-order chi connectivity index (χ1) is 7.57. The zero-order chi connectivity index (χ0) is 12.1. The molecule has 3 N–H and O–H groups in total. The second-order valence-corrected chi connectivity index (χ2v) is 4.45. The monoisotopic (exact) mass is 241 g/mol. The van der Waals surface area contributed by atoms with E-state index in [9.17, 15) is 4.39 Å². The molecule has 16 heavy (non-hydrogen) atoms. The summed E-state index contributed by atoms with van der Waals surface area (Å²) in [5.74, 6) is 0.273. The Labute approximate surface area is 99.3 Å². The lowest BCUT2D eigenvalue weighted by Crippen LogP contribution is -2.25. The van der Waals surface area contributed by atoms with Crippen molar-refractivity contribution in [3.63, 3.8) is 0 Å². The smallest absolute Gasteiger partial charge is 0.136 e. The first-order valence-corrected chi connectivity index (χ1v) is 6.30. The van der Waals surface area contributed by atoms with E-state index in [0.717, 1.165) is 12.3 Å². The van der Waals surface area contributed by atoms with E-state index >= 15 is 0 Å². The van der Waals surface area contributed by atoms with Crippen LogP contribution in [-0.4, -0.2) is 31.4 Å². The van der Waals surface area contributed by atoms with Crippen LogP contribution in [0, 0.1) is 11.2 Å². The predicted octanol–water partition coefficient (Wildman–Crippen LogP) is 1.91. The summed E-state index contributed by atoms with van der Waals surface area (Å²) < 4.78 is 13.5. The Morgan fingerprint density at radius 3 is 2.81 bits per heavy atom. The van der Waals surface area contributed by atoms with Crippen LogP contribution in [-0.2, 0) is 0 Å². The summed E-state index contributed by atoms with van der Waals surface area (Å²) in [6.07, 6.45) is 2.02. The van der Waals surface area contributed by atoms with Crippen molar-refractivity contribution in [2.75, 3.05) is 30.5 Å². The van der Waals surface area contributed by atoms with Gasteiger partial charge in [0.15, 0.2) is 0 Å². The highest BCUT2D eigenvalue weighted by Crippen LogP contribution is 2.21. The average Bonchev–Trinajstić information content (AvgIpc) is 2.24. The Balaban J connectivity index is 3.02. The number of thioether (sulfide) groups is 1. The Kier molecular flexibility index (Phi) is 4.61. The molecule has 0 amide bonds. The number of nitrogens with two attached hydrogens (primary N) is 1. The molecule has 0 aromatic heterocycles. The number of rotatable bonds is 5. The van der Waals surface area contributed by atoms with Gasteiger partial charge in [-0.2, -0.15) is 11.8 Å². The SMILES string of the molecule is CSCCN(C)c1cccc(F)c1C(=N)N. The quantitative estimate of drug-likeness (QED) is 0.611. The van der Waals surface area contributed by atoms with Crippen LogP contribution < -0.4 is 10.6 Å². The van der Waals surface area contributed by atoms with Crippen molar-refractivity contribution in [1.82, 2.24) is 0 Å². The maximum atomic E-state index is 13.5. The van der Waals surface area contributed by atoms with Gasteiger partial charge in [-0.15, -0.1) is 0 Å². The maximum Gasteiger partial charge on any atom is 0.136 e. The fourth-order valence-electron chi connectivity index (χ4n) is 1.45. The zero-order valence-electron chi connectivity index (χ0n) is 9.46. The molecule has 1 aromatic rings. The van der Waals surface area contributed by atoms with Gasteiger partial charge >= 0.3 is 0 Å². The van der Waals surface area contributed by atoms with Crippen LogP contribution >= 0.6 is 11.8 Å². The molecule has 5 heteroatoms. The Morgan fingerprint density at radius 2 is 2.25 bits per heavy atom. The van der Waals surface area contributed by atoms with Crippen LogP contribution in [0.15, 0.2) is 18.2 Å². The van der Waals surface area contributed by atoms with Crippen LogP contribution in [0.4, 0.5) is 10.1 Å². The van der Waals surface area contributed by atoms with E-state index in [0.29, 0.717) is 5.69 Å². The number of benzene rings is 1. The third kappa shape index (κ3) is 2.88. The molecule has 0 unspecified atom stereocenters. The summed E-state index contributed by atoms with van der Waals surface area (Å²) >= 11 is 1.72. The largest absolute Gasteiger partial charge is 0.384 e. The summed E-state index contributed by atoms with van der Waals surface area (Å²) in [7, 11) is 1.87. The first-order valence-electron chi connectivity index (χ1n) is 4.91. The molecule has 0 bridgehead atoms. The van der Waals surface area contributed by atoms with Crippen molar-refractivity contribution in [2.24, 2.45) is 5.73 Å². The van der Waals surface area contributed by atoms with E-state index in [2.05, 4.69) is 0 Å². The summed E-state index contributed by atoms with van der Waals surface area (Å²) in [6, 6.07) is 4.73. The van der Waals surface area contributed by atoms with Gasteiger partial charge in [-0.25, -0.2) is 4.39 Å². The van der Waals surface area contributed by atoms with E-state index in [4.69, 9.17) is 11.1 Å². The lowest BCUT2D eigenvalue weighted by molar-refractivity contribution is 0.624. The topological polar surface area (TPSA) is 53.1 Å². The number of nitrogens with zero attached hydrogens (tertiary/aromatic N) is 1. The Bertz CT molecular complexity index is 381. The molecule has 0 aliphatic carbocycles. The minimum Gasteiger partial charge on any atom is -0.384 e. The molecule has 1 rings (SSSR count). The molecule has 0 saturated heterocycles. The van der Waals surface area contributed by atoms with Gasteiger partial charge in [0.2, 0.25) is 0 Å². The van der Waals surface area contributed by atoms with Crippen molar-refractivity contribution in [1.29, 1.82) is 5.41 Å². The van der Waals surface area contributed by atoms with Gasteiger partial charge in [0.25, 0.3) is 0 Å². The van der Waals surface area contributed by atoms with Gasteiger partial charge in [0.1, 0.15) is 11.7 Å². The third-order valence-electron chi connectivity index (χ3n) is 2.30. The highest BCUT2D eigenvalue weighted by molar-refractivity contribution is 7.98. The van der Waals surface area contributed by atoms with Crippen molar-refractivity contribution < 1.29 is 4.39 Å². The second kappa shape index (κ2) is 5.75. The Morgan fingerprint density at radius 1 is 1.56 bits per heavy atom. The molecule has 0 aliphatic rings. The lowest BCUT2D eigenvalue weighted by Gasteiger charge is -2.21. The molecule has 1 aromatic carbocycles. The molecule has 0 aliphatic heterocycles. The average molecular weight is 241 g/mol. The third-order valence-corrected chi connectivity index (χ3v) is 2.89. The Hall–Kier alpha value is -1.23. The van der Waals surface area contributed by atoms with Crippen molar-refractivity contribution in [3.05, 3.63) is 29.6 Å². The standard InChI is InChI=1S/C11H16FN3S/c1-15(6-7-16-2)9-5-3-4-8(12)10(9)11(13)14/h3-5H,6-7H2,1-2H3,(H3,13,14). The number of nitrogens with one attached hydrogen (secondary N) is 1. The second-order valence-electron chi connectivity index (χ2n) is 3.46. The van der Waals surface area contributed by atoms with E-state index < -0.39 is 5.82 Å². The van der Waals surface area contributed by atoms with E-state index in [-0.39, 0.29) is 11.4 Å². The van der Waals surface area contributed by atoms with Crippen LogP contribution in [0.3, 0.4) is 0 Å².